The molecule has 0 unspecified atom stereocenters. The van der Waals surface area contributed by atoms with Gasteiger partial charge in [0.2, 0.25) is 0 Å². The molecule has 6 heterocycles. The zero-order valence-corrected chi connectivity index (χ0v) is 29.6. The monoisotopic (exact) mass is 836 g/mol. The van der Waals surface area contributed by atoms with Crippen molar-refractivity contribution in [2.45, 2.75) is 12.3 Å². The number of hydrogen-bond donors (Lipinski definition) is 0. The zero-order valence-electron chi connectivity index (χ0n) is 27.3. The fourth-order valence-electron chi connectivity index (χ4n) is 7.60. The van der Waals surface area contributed by atoms with Crippen molar-refractivity contribution in [3.8, 4) is 5.82 Å². The molecule has 0 fully saturated rings. The van der Waals surface area contributed by atoms with Gasteiger partial charge < -0.3 is 4.57 Å². The molecule has 8 heteroatoms. The molecule has 0 N–H and O–H groups in total. The zero-order chi connectivity index (χ0) is 33.2. The maximum Gasteiger partial charge on any atom is 2.00 e. The number of para-hydroxylation sites is 1. The van der Waals surface area contributed by atoms with Crippen LogP contribution in [0, 0.1) is 19.1 Å². The van der Waals surface area contributed by atoms with Gasteiger partial charge in [-0.05, 0) is 53.5 Å². The molecule has 0 spiro atoms. The summed E-state index contributed by atoms with van der Waals surface area (Å²) in [5, 5.41) is 9.87. The van der Waals surface area contributed by atoms with Crippen LogP contribution in [0.3, 0.4) is 0 Å². The van der Waals surface area contributed by atoms with E-state index in [9.17, 15) is 0 Å². The van der Waals surface area contributed by atoms with Gasteiger partial charge in [0.1, 0.15) is 11.6 Å². The molecule has 7 nitrogen and oxygen atoms in total. The Bertz CT molecular complexity index is 2840. The average Bonchev–Trinajstić information content (AvgIpc) is 3.74. The Morgan fingerprint density at radius 2 is 1.33 bits per heavy atom. The predicted molar refractivity (Wildman–Crippen MR) is 196 cm³/mol. The van der Waals surface area contributed by atoms with Gasteiger partial charge in [0, 0.05) is 18.6 Å². The summed E-state index contributed by atoms with van der Waals surface area (Å²) < 4.78 is 4.07. The van der Waals surface area contributed by atoms with Gasteiger partial charge >= 0.3 is 21.1 Å². The molecule has 0 bridgehead atoms. The van der Waals surface area contributed by atoms with Crippen molar-refractivity contribution in [3.63, 3.8) is 0 Å². The standard InChI is InChI=1S/C43H27N7.Pt/c1-28-47-42-35-24-31(19-20-32(35)33-16-8-9-17-37(33)50(42)48-28)43(29-12-4-2-5-13-29,30-14-6-3-7-15-30)40-25-38-36(26-46-40)34-21-23-44-27-39(34)49(38)41-18-10-11-22-45-41;/h2-23,26-27H,1H3;/q-2;+2. The van der Waals surface area contributed by atoms with Gasteiger partial charge in [0.15, 0.2) is 0 Å². The Hall–Kier alpha value is -6.04. The van der Waals surface area contributed by atoms with Crippen LogP contribution in [0.2, 0.25) is 0 Å². The van der Waals surface area contributed by atoms with Crippen molar-refractivity contribution in [2.75, 3.05) is 0 Å². The fraction of sp³-hybridized carbons (Fsp3) is 0.0465. The maximum absolute atomic E-state index is 5.30. The van der Waals surface area contributed by atoms with Crippen LogP contribution >= 0.6 is 0 Å². The second-order valence-corrected chi connectivity index (χ2v) is 12.5. The van der Waals surface area contributed by atoms with Crippen molar-refractivity contribution in [1.82, 2.24) is 34.1 Å². The van der Waals surface area contributed by atoms with E-state index < -0.39 is 5.41 Å². The SMILES string of the molecule is Cc1nc2c3[c-]c(C(c4ccccc4)(c4ccccc4)c4[c-]c5c(cn4)c4ccncc4n5-c4ccccn4)ccc3c3ccccc3n2n1.[Pt+2]. The summed E-state index contributed by atoms with van der Waals surface area (Å²) in [6, 6.07) is 49.5. The number of aryl methyl sites for hydroxylation is 1. The van der Waals surface area contributed by atoms with Crippen LogP contribution in [0.5, 0.6) is 0 Å². The van der Waals surface area contributed by atoms with Gasteiger partial charge in [-0.3, -0.25) is 19.5 Å². The number of aromatic nitrogens is 7. The Balaban J connectivity index is 0.00000348. The number of pyridine rings is 4. The predicted octanol–water partition coefficient (Wildman–Crippen LogP) is 8.61. The molecule has 0 saturated carbocycles. The topological polar surface area (TPSA) is 73.8 Å². The van der Waals surface area contributed by atoms with E-state index in [1.807, 2.05) is 78.7 Å². The van der Waals surface area contributed by atoms with Crippen LogP contribution in [0.4, 0.5) is 0 Å². The molecule has 0 aliphatic rings. The minimum Gasteiger partial charge on any atom is -0.330 e. The molecule has 0 saturated heterocycles. The largest absolute Gasteiger partial charge is 2.00 e. The minimum atomic E-state index is -0.910. The number of hydrogen-bond acceptors (Lipinski definition) is 5. The van der Waals surface area contributed by atoms with Crippen LogP contribution in [0.1, 0.15) is 28.2 Å². The van der Waals surface area contributed by atoms with Gasteiger partial charge in [0.25, 0.3) is 0 Å². The van der Waals surface area contributed by atoms with Crippen molar-refractivity contribution < 1.29 is 21.1 Å². The molecular formula is C43H27N7Pt. The third-order valence-corrected chi connectivity index (χ3v) is 9.73. The van der Waals surface area contributed by atoms with Crippen LogP contribution in [0.25, 0.3) is 54.9 Å². The molecule has 10 rings (SSSR count). The maximum atomic E-state index is 5.30. The molecule has 6 aromatic heterocycles. The van der Waals surface area contributed by atoms with E-state index in [0.717, 1.165) is 77.3 Å². The average molecular weight is 837 g/mol. The normalized spacial score (nSPS) is 11.9. The number of fused-ring (bicyclic) bond motifs is 9. The number of rotatable bonds is 5. The van der Waals surface area contributed by atoms with Crippen LogP contribution in [0.15, 0.2) is 146 Å². The van der Waals surface area contributed by atoms with Crippen LogP contribution < -0.4 is 0 Å². The van der Waals surface area contributed by atoms with E-state index >= 15 is 0 Å². The van der Waals surface area contributed by atoms with E-state index in [2.05, 4.69) is 101 Å². The van der Waals surface area contributed by atoms with Crippen molar-refractivity contribution in [3.05, 3.63) is 186 Å². The summed E-state index contributed by atoms with van der Waals surface area (Å²) in [5.41, 5.74) is 6.42. The van der Waals surface area contributed by atoms with E-state index in [0.29, 0.717) is 5.82 Å². The Kier molecular flexibility index (Phi) is 7.34. The van der Waals surface area contributed by atoms with Crippen LogP contribution in [-0.2, 0) is 26.5 Å². The molecule has 0 amide bonds. The Morgan fingerprint density at radius 3 is 2.10 bits per heavy atom. The first-order valence-electron chi connectivity index (χ1n) is 16.5. The quantitative estimate of drug-likeness (QED) is 0.0987. The van der Waals surface area contributed by atoms with Gasteiger partial charge in [-0.25, -0.2) is 11.1 Å². The summed E-state index contributed by atoms with van der Waals surface area (Å²) in [6.45, 7) is 1.93. The second kappa shape index (κ2) is 12.1. The van der Waals surface area contributed by atoms with Gasteiger partial charge in [0.05, 0.1) is 22.1 Å². The van der Waals surface area contributed by atoms with Crippen molar-refractivity contribution >= 4 is 49.1 Å². The van der Waals surface area contributed by atoms with Gasteiger partial charge in [-0.1, -0.05) is 107 Å². The summed E-state index contributed by atoms with van der Waals surface area (Å²) in [4.78, 5) is 19.5. The third-order valence-electron chi connectivity index (χ3n) is 9.73. The van der Waals surface area contributed by atoms with E-state index in [1.165, 1.54) is 0 Å². The summed E-state index contributed by atoms with van der Waals surface area (Å²) in [6.07, 6.45) is 7.48. The summed E-state index contributed by atoms with van der Waals surface area (Å²) in [5.74, 6) is 1.49. The molecule has 4 aromatic carbocycles. The first-order chi connectivity index (χ1) is 24.7. The van der Waals surface area contributed by atoms with Crippen molar-refractivity contribution in [1.29, 1.82) is 0 Å². The minimum absolute atomic E-state index is 0. The summed E-state index contributed by atoms with van der Waals surface area (Å²) in [7, 11) is 0. The first-order valence-corrected chi connectivity index (χ1v) is 16.5. The molecule has 0 aliphatic heterocycles. The summed E-state index contributed by atoms with van der Waals surface area (Å²) >= 11 is 0. The Labute approximate surface area is 307 Å². The Morgan fingerprint density at radius 1 is 0.608 bits per heavy atom. The molecule has 244 valence electrons. The van der Waals surface area contributed by atoms with Crippen LogP contribution in [-0.4, -0.2) is 34.1 Å². The molecule has 0 aliphatic carbocycles. The van der Waals surface area contributed by atoms with Gasteiger partial charge in [-0.2, -0.15) is 5.10 Å². The second-order valence-electron chi connectivity index (χ2n) is 12.5. The van der Waals surface area contributed by atoms with E-state index in [4.69, 9.17) is 20.1 Å². The smallest absolute Gasteiger partial charge is 0.330 e. The fourth-order valence-corrected chi connectivity index (χ4v) is 7.60. The number of benzene rings is 4. The third kappa shape index (κ3) is 4.58. The van der Waals surface area contributed by atoms with E-state index in [-0.39, 0.29) is 21.1 Å². The van der Waals surface area contributed by atoms with E-state index in [1.54, 1.807) is 0 Å². The number of nitrogens with zero attached hydrogens (tertiary/aromatic N) is 7. The molecular weight excluding hydrogens is 810 g/mol. The first kappa shape index (κ1) is 31.0. The molecule has 0 atom stereocenters. The molecule has 10 aromatic rings. The molecule has 51 heavy (non-hydrogen) atoms. The van der Waals surface area contributed by atoms with Crippen molar-refractivity contribution in [2.24, 2.45) is 0 Å². The molecule has 0 radical (unpaired) electrons. The van der Waals surface area contributed by atoms with Gasteiger partial charge in [-0.15, -0.1) is 34.7 Å².